The predicted octanol–water partition coefficient (Wildman–Crippen LogP) is 3.21. The fraction of sp³-hybridized carbons (Fsp3) is 0.278. The van der Waals surface area contributed by atoms with Gasteiger partial charge in [-0.05, 0) is 30.0 Å². The summed E-state index contributed by atoms with van der Waals surface area (Å²) in [5.41, 5.74) is 3.22. The summed E-state index contributed by atoms with van der Waals surface area (Å²) in [6.45, 7) is 2.10. The Kier molecular flexibility index (Phi) is 5.52. The minimum Gasteiger partial charge on any atom is -0.466 e. The molecule has 0 aliphatic rings. The second-order valence-corrected chi connectivity index (χ2v) is 4.89. The van der Waals surface area contributed by atoms with Crippen LogP contribution in [0.4, 0.5) is 0 Å². The normalized spacial score (nSPS) is 11.9. The van der Waals surface area contributed by atoms with Crippen molar-refractivity contribution in [1.82, 2.24) is 0 Å². The average molecular weight is 284 g/mol. The van der Waals surface area contributed by atoms with Crippen LogP contribution in [-0.4, -0.2) is 23.8 Å². The van der Waals surface area contributed by atoms with E-state index >= 15 is 0 Å². The van der Waals surface area contributed by atoms with Crippen LogP contribution in [0, 0.1) is 0 Å². The van der Waals surface area contributed by atoms with Crippen LogP contribution >= 0.6 is 0 Å². The number of ether oxygens (including phenoxy) is 1. The van der Waals surface area contributed by atoms with Crippen LogP contribution in [0.15, 0.2) is 54.6 Å². The van der Waals surface area contributed by atoms with Crippen molar-refractivity contribution in [2.24, 2.45) is 0 Å². The second kappa shape index (κ2) is 7.60. The number of aliphatic hydroxyl groups is 1. The zero-order chi connectivity index (χ0) is 15.1. The van der Waals surface area contributed by atoms with Gasteiger partial charge in [-0.15, -0.1) is 0 Å². The number of rotatable bonds is 6. The molecule has 0 unspecified atom stereocenters. The molecule has 0 aliphatic heterocycles. The summed E-state index contributed by atoms with van der Waals surface area (Å²) < 4.78 is 4.87. The van der Waals surface area contributed by atoms with Gasteiger partial charge in [-0.25, -0.2) is 0 Å². The van der Waals surface area contributed by atoms with Crippen molar-refractivity contribution in [3.8, 4) is 11.1 Å². The largest absolute Gasteiger partial charge is 0.466 e. The molecule has 110 valence electrons. The van der Waals surface area contributed by atoms with Gasteiger partial charge in [0.15, 0.2) is 0 Å². The lowest BCUT2D eigenvalue weighted by Crippen LogP contribution is -2.18. The van der Waals surface area contributed by atoms with Crippen molar-refractivity contribution >= 4 is 5.97 Å². The number of esters is 1. The van der Waals surface area contributed by atoms with Crippen molar-refractivity contribution in [2.75, 3.05) is 6.61 Å². The molecule has 0 saturated carbocycles. The molecule has 2 rings (SSSR count). The van der Waals surface area contributed by atoms with E-state index in [1.54, 1.807) is 6.92 Å². The summed E-state index contributed by atoms with van der Waals surface area (Å²) in [7, 11) is 0. The molecule has 0 aromatic heterocycles. The van der Waals surface area contributed by atoms with Gasteiger partial charge in [0, 0.05) is 0 Å². The van der Waals surface area contributed by atoms with Crippen molar-refractivity contribution in [2.45, 2.75) is 25.9 Å². The first kappa shape index (κ1) is 15.3. The third-order valence-electron chi connectivity index (χ3n) is 3.27. The van der Waals surface area contributed by atoms with E-state index in [0.29, 0.717) is 13.0 Å². The summed E-state index contributed by atoms with van der Waals surface area (Å²) in [6.07, 6.45) is -0.269. The fourth-order valence-corrected chi connectivity index (χ4v) is 2.34. The van der Waals surface area contributed by atoms with Crippen molar-refractivity contribution in [1.29, 1.82) is 0 Å². The summed E-state index contributed by atoms with van der Waals surface area (Å²) >= 11 is 0. The monoisotopic (exact) mass is 284 g/mol. The lowest BCUT2D eigenvalue weighted by molar-refractivity contribution is -0.145. The molecule has 0 bridgehead atoms. The minimum atomic E-state index is -0.728. The second-order valence-electron chi connectivity index (χ2n) is 4.89. The average Bonchev–Trinajstić information content (AvgIpc) is 2.48. The van der Waals surface area contributed by atoms with E-state index in [1.807, 2.05) is 54.6 Å². The van der Waals surface area contributed by atoms with Crippen molar-refractivity contribution < 1.29 is 14.6 Å². The third kappa shape index (κ3) is 4.43. The van der Waals surface area contributed by atoms with Gasteiger partial charge in [0.1, 0.15) is 0 Å². The Morgan fingerprint density at radius 3 is 2.48 bits per heavy atom. The van der Waals surface area contributed by atoms with Gasteiger partial charge in [-0.2, -0.15) is 0 Å². The molecular formula is C18H20O3. The Hall–Kier alpha value is -2.13. The lowest BCUT2D eigenvalue weighted by Gasteiger charge is -2.14. The van der Waals surface area contributed by atoms with Crippen LogP contribution in [0.2, 0.25) is 0 Å². The molecule has 1 N–H and O–H groups in total. The SMILES string of the molecule is CCOC(=O)C[C@H](O)Cc1ccccc1-c1ccccc1. The van der Waals surface area contributed by atoms with E-state index in [-0.39, 0.29) is 12.4 Å². The fourth-order valence-electron chi connectivity index (χ4n) is 2.34. The van der Waals surface area contributed by atoms with Gasteiger partial charge in [-0.3, -0.25) is 4.79 Å². The molecule has 0 heterocycles. The molecule has 0 fully saturated rings. The molecule has 2 aromatic carbocycles. The highest BCUT2D eigenvalue weighted by Crippen LogP contribution is 2.24. The van der Waals surface area contributed by atoms with Crippen LogP contribution in [0.3, 0.4) is 0 Å². The van der Waals surface area contributed by atoms with Gasteiger partial charge in [0.25, 0.3) is 0 Å². The van der Waals surface area contributed by atoms with E-state index in [0.717, 1.165) is 16.7 Å². The van der Waals surface area contributed by atoms with Crippen LogP contribution in [0.25, 0.3) is 11.1 Å². The summed E-state index contributed by atoms with van der Waals surface area (Å²) in [6, 6.07) is 18.0. The Morgan fingerprint density at radius 1 is 1.10 bits per heavy atom. The predicted molar refractivity (Wildman–Crippen MR) is 82.8 cm³/mol. The van der Waals surface area contributed by atoms with E-state index in [2.05, 4.69) is 0 Å². The smallest absolute Gasteiger partial charge is 0.308 e. The van der Waals surface area contributed by atoms with Crippen molar-refractivity contribution in [3.63, 3.8) is 0 Å². The molecular weight excluding hydrogens is 264 g/mol. The molecule has 21 heavy (non-hydrogen) atoms. The summed E-state index contributed by atoms with van der Waals surface area (Å²) in [5.74, 6) is -0.359. The number of aliphatic hydroxyl groups excluding tert-OH is 1. The first-order valence-corrected chi connectivity index (χ1v) is 7.17. The van der Waals surface area contributed by atoms with Gasteiger partial charge in [0.2, 0.25) is 0 Å². The third-order valence-corrected chi connectivity index (χ3v) is 3.27. The molecule has 0 saturated heterocycles. The zero-order valence-corrected chi connectivity index (χ0v) is 12.2. The molecule has 0 amide bonds. The van der Waals surface area contributed by atoms with Crippen LogP contribution < -0.4 is 0 Å². The maximum Gasteiger partial charge on any atom is 0.308 e. The molecule has 0 spiro atoms. The highest BCUT2D eigenvalue weighted by atomic mass is 16.5. The minimum absolute atomic E-state index is 0.0248. The van der Waals surface area contributed by atoms with E-state index in [1.165, 1.54) is 0 Å². The molecule has 1 atom stereocenters. The van der Waals surface area contributed by atoms with E-state index in [4.69, 9.17) is 4.74 Å². The highest BCUT2D eigenvalue weighted by molar-refractivity contribution is 5.70. The first-order chi connectivity index (χ1) is 10.2. The van der Waals surface area contributed by atoms with E-state index < -0.39 is 6.10 Å². The Labute approximate surface area is 125 Å². The quantitative estimate of drug-likeness (QED) is 0.829. The van der Waals surface area contributed by atoms with Gasteiger partial charge >= 0.3 is 5.97 Å². The highest BCUT2D eigenvalue weighted by Gasteiger charge is 2.14. The first-order valence-electron chi connectivity index (χ1n) is 7.17. The van der Waals surface area contributed by atoms with Gasteiger partial charge in [-0.1, -0.05) is 54.6 Å². The number of benzene rings is 2. The maximum absolute atomic E-state index is 11.4. The van der Waals surface area contributed by atoms with Crippen LogP contribution in [0.1, 0.15) is 18.9 Å². The Balaban J connectivity index is 2.12. The summed E-state index contributed by atoms with van der Waals surface area (Å²) in [4.78, 5) is 11.4. The Morgan fingerprint density at radius 2 is 1.76 bits per heavy atom. The lowest BCUT2D eigenvalue weighted by atomic mass is 9.95. The number of carbonyl (C=O) groups is 1. The maximum atomic E-state index is 11.4. The van der Waals surface area contributed by atoms with Crippen LogP contribution in [0.5, 0.6) is 0 Å². The van der Waals surface area contributed by atoms with E-state index in [9.17, 15) is 9.90 Å². The van der Waals surface area contributed by atoms with Crippen LogP contribution in [-0.2, 0) is 16.0 Å². The topological polar surface area (TPSA) is 46.5 Å². The number of hydrogen-bond donors (Lipinski definition) is 1. The number of carbonyl (C=O) groups excluding carboxylic acids is 1. The molecule has 0 aliphatic carbocycles. The summed E-state index contributed by atoms with van der Waals surface area (Å²) in [5, 5.41) is 10.1. The Bertz CT molecular complexity index is 578. The molecule has 3 heteroatoms. The van der Waals surface area contributed by atoms with Gasteiger partial charge in [0.05, 0.1) is 19.1 Å². The molecule has 2 aromatic rings. The van der Waals surface area contributed by atoms with Gasteiger partial charge < -0.3 is 9.84 Å². The molecule has 3 nitrogen and oxygen atoms in total. The van der Waals surface area contributed by atoms with Crippen molar-refractivity contribution in [3.05, 3.63) is 60.2 Å². The number of hydrogen-bond acceptors (Lipinski definition) is 3. The standard InChI is InChI=1S/C18H20O3/c1-2-21-18(20)13-16(19)12-15-10-6-7-11-17(15)14-8-4-3-5-9-14/h3-11,16,19H,2,12-13H2,1H3/t16-/m1/s1. The zero-order valence-electron chi connectivity index (χ0n) is 12.2. The molecule has 0 radical (unpaired) electrons.